The Hall–Kier alpha value is -1.03. The molecule has 1 rings (SSSR count). The highest BCUT2D eigenvalue weighted by molar-refractivity contribution is 7.80. The molecule has 1 N–H and O–H groups in total. The highest BCUT2D eigenvalue weighted by atomic mass is 32.3. The molecule has 0 aliphatic carbocycles. The van der Waals surface area contributed by atoms with E-state index in [1.807, 2.05) is 0 Å². The van der Waals surface area contributed by atoms with Crippen LogP contribution in [0.15, 0.2) is 4.99 Å². The molecular formula is C42H85N3O5S. The summed E-state index contributed by atoms with van der Waals surface area (Å²) in [6, 6.07) is 0. The largest absolute Gasteiger partial charge is 0.726 e. The molecule has 0 aromatic carbocycles. The van der Waals surface area contributed by atoms with E-state index in [0.717, 1.165) is 50.6 Å². The van der Waals surface area contributed by atoms with Crippen LogP contribution >= 0.6 is 0 Å². The van der Waals surface area contributed by atoms with Crippen LogP contribution in [0.4, 0.5) is 0 Å². The third-order valence-electron chi connectivity index (χ3n) is 10.7. The zero-order valence-electron chi connectivity index (χ0n) is 34.3. The van der Waals surface area contributed by atoms with Crippen molar-refractivity contribution >= 4 is 22.1 Å². The number of hydrogen-bond acceptors (Lipinski definition) is 6. The normalized spacial score (nSPS) is 15.8. The number of carbonyl (C=O) groups excluding carboxylic acids is 1. The Morgan fingerprint density at radius 2 is 0.980 bits per heavy atom. The summed E-state index contributed by atoms with van der Waals surface area (Å²) < 4.78 is 32.0. The molecule has 1 aliphatic heterocycles. The van der Waals surface area contributed by atoms with Crippen molar-refractivity contribution in [3.05, 3.63) is 0 Å². The number of hydrogen-bond donors (Lipinski definition) is 1. The van der Waals surface area contributed by atoms with Crippen molar-refractivity contribution in [3.63, 3.8) is 0 Å². The third-order valence-corrected chi connectivity index (χ3v) is 11.1. The number of amides is 1. The van der Waals surface area contributed by atoms with Crippen LogP contribution in [-0.2, 0) is 19.4 Å². The lowest BCUT2D eigenvalue weighted by Gasteiger charge is -2.30. The van der Waals surface area contributed by atoms with Gasteiger partial charge in [-0.05, 0) is 12.8 Å². The Morgan fingerprint density at radius 1 is 0.647 bits per heavy atom. The minimum absolute atomic E-state index is 0.247. The molecule has 1 heterocycles. The zero-order chi connectivity index (χ0) is 37.7. The molecule has 1 amide bonds. The Bertz CT molecular complexity index is 914. The molecule has 0 saturated carbocycles. The average molecular weight is 744 g/mol. The lowest BCUT2D eigenvalue weighted by molar-refractivity contribution is -0.814. The van der Waals surface area contributed by atoms with E-state index in [0.29, 0.717) is 6.42 Å². The summed E-state index contributed by atoms with van der Waals surface area (Å²) in [7, 11) is -1.27. The first-order valence-corrected chi connectivity index (χ1v) is 23.2. The Balaban J connectivity index is 0.00000381. The van der Waals surface area contributed by atoms with E-state index in [4.69, 9.17) is 4.99 Å². The van der Waals surface area contributed by atoms with Gasteiger partial charge in [-0.3, -0.25) is 13.5 Å². The number of amidine groups is 1. The van der Waals surface area contributed by atoms with E-state index >= 15 is 0 Å². The standard InChI is InChI=1S/C41H81N3O.CH4O4S/c1-4-6-8-10-12-14-16-18-20-22-24-26-28-30-32-34-40-42-36-38-44(40,3)39-37-43-41(45)35-33-31-29-27-25-23-21-19-17-15-13-11-9-7-5-2;1-5-6(2,3)4/h4-39H2,1-3H3;1H3,(H,2,3,4). The summed E-state index contributed by atoms with van der Waals surface area (Å²) in [5, 5.41) is 3.22. The van der Waals surface area contributed by atoms with E-state index in [-0.39, 0.29) is 5.91 Å². The van der Waals surface area contributed by atoms with E-state index in [1.54, 1.807) is 0 Å². The van der Waals surface area contributed by atoms with Crippen LogP contribution in [0.5, 0.6) is 0 Å². The van der Waals surface area contributed by atoms with Gasteiger partial charge in [0.25, 0.3) is 0 Å². The second-order valence-corrected chi connectivity index (χ2v) is 16.6. The van der Waals surface area contributed by atoms with Gasteiger partial charge >= 0.3 is 0 Å². The smallest absolute Gasteiger partial charge is 0.220 e. The fourth-order valence-electron chi connectivity index (χ4n) is 7.13. The highest BCUT2D eigenvalue weighted by Crippen LogP contribution is 2.19. The summed E-state index contributed by atoms with van der Waals surface area (Å²) in [5.41, 5.74) is 0. The van der Waals surface area contributed by atoms with Crippen LogP contribution in [0.25, 0.3) is 0 Å². The molecule has 0 spiro atoms. The molecule has 1 atom stereocenters. The maximum atomic E-state index is 12.4. The van der Waals surface area contributed by atoms with Crippen molar-refractivity contribution < 1.29 is 26.4 Å². The molecule has 0 bridgehead atoms. The zero-order valence-corrected chi connectivity index (χ0v) is 35.1. The first-order valence-electron chi connectivity index (χ1n) is 21.8. The van der Waals surface area contributed by atoms with Crippen molar-refractivity contribution in [1.29, 1.82) is 0 Å². The number of likely N-dealkylation sites (N-methyl/N-ethyl adjacent to an activating group) is 1. The maximum Gasteiger partial charge on any atom is 0.220 e. The van der Waals surface area contributed by atoms with Crippen molar-refractivity contribution in [3.8, 4) is 0 Å². The number of rotatable bonds is 36. The van der Waals surface area contributed by atoms with E-state index in [1.165, 1.54) is 192 Å². The SMILES string of the molecule is CCCCCCCCCCCCCCCCCC(=O)NCC[N+]1(C)CCN=C1CCCCCCCCCCCCCCCCC.COS(=O)(=O)[O-]. The molecule has 0 fully saturated rings. The van der Waals surface area contributed by atoms with Crippen molar-refractivity contribution in [1.82, 2.24) is 5.32 Å². The summed E-state index contributed by atoms with van der Waals surface area (Å²) in [4.78, 5) is 17.3. The van der Waals surface area contributed by atoms with Gasteiger partial charge in [0.2, 0.25) is 16.3 Å². The van der Waals surface area contributed by atoms with Gasteiger partial charge in [0.15, 0.2) is 5.84 Å². The lowest BCUT2D eigenvalue weighted by atomic mass is 10.0. The minimum Gasteiger partial charge on any atom is -0.726 e. The van der Waals surface area contributed by atoms with E-state index < -0.39 is 10.4 Å². The Labute approximate surface area is 317 Å². The van der Waals surface area contributed by atoms with Crippen LogP contribution in [-0.4, -0.2) is 69.5 Å². The van der Waals surface area contributed by atoms with Gasteiger partial charge in [-0.25, -0.2) is 13.4 Å². The predicted molar refractivity (Wildman–Crippen MR) is 217 cm³/mol. The molecule has 51 heavy (non-hydrogen) atoms. The van der Waals surface area contributed by atoms with Gasteiger partial charge in [0.1, 0.15) is 13.1 Å². The number of carbonyl (C=O) groups is 1. The van der Waals surface area contributed by atoms with Gasteiger partial charge in [-0.1, -0.05) is 194 Å². The van der Waals surface area contributed by atoms with Crippen molar-refractivity contribution in [2.45, 2.75) is 219 Å². The molecule has 304 valence electrons. The lowest BCUT2D eigenvalue weighted by Crippen LogP contribution is -2.51. The minimum atomic E-state index is -4.41. The molecular weight excluding hydrogens is 659 g/mol. The summed E-state index contributed by atoms with van der Waals surface area (Å²) in [6.07, 6.45) is 43.5. The van der Waals surface area contributed by atoms with Crippen LogP contribution in [0.1, 0.15) is 219 Å². The monoisotopic (exact) mass is 744 g/mol. The van der Waals surface area contributed by atoms with E-state index in [2.05, 4.69) is 30.4 Å². The fourth-order valence-corrected chi connectivity index (χ4v) is 7.13. The van der Waals surface area contributed by atoms with Crippen LogP contribution < -0.4 is 5.32 Å². The Morgan fingerprint density at radius 3 is 1.33 bits per heavy atom. The van der Waals surface area contributed by atoms with Crippen molar-refractivity contribution in [2.75, 3.05) is 40.3 Å². The van der Waals surface area contributed by atoms with Crippen LogP contribution in [0.2, 0.25) is 0 Å². The average Bonchev–Trinajstić information content (AvgIpc) is 3.47. The highest BCUT2D eigenvalue weighted by Gasteiger charge is 2.32. The molecule has 0 radical (unpaired) electrons. The van der Waals surface area contributed by atoms with Crippen LogP contribution in [0.3, 0.4) is 0 Å². The third kappa shape index (κ3) is 34.5. The summed E-state index contributed by atoms with van der Waals surface area (Å²) in [5.74, 6) is 1.62. The number of unbranched alkanes of at least 4 members (excludes halogenated alkanes) is 28. The summed E-state index contributed by atoms with van der Waals surface area (Å²) >= 11 is 0. The molecule has 1 aliphatic rings. The van der Waals surface area contributed by atoms with Crippen LogP contribution in [0, 0.1) is 0 Å². The molecule has 8 nitrogen and oxygen atoms in total. The number of quaternary nitrogens is 1. The number of nitrogens with zero attached hydrogens (tertiary/aromatic N) is 2. The molecule has 0 saturated heterocycles. The van der Waals surface area contributed by atoms with Gasteiger partial charge in [-0.2, -0.15) is 0 Å². The maximum absolute atomic E-state index is 12.4. The second kappa shape index (κ2) is 36.0. The first-order chi connectivity index (χ1) is 24.7. The number of aliphatic imine (C=N–C) groups is 1. The van der Waals surface area contributed by atoms with Gasteiger partial charge in [-0.15, -0.1) is 0 Å². The molecule has 0 aromatic heterocycles. The molecule has 9 heteroatoms. The quantitative estimate of drug-likeness (QED) is 0.0297. The topological polar surface area (TPSA) is 108 Å². The Kier molecular flexibility index (Phi) is 35.2. The number of nitrogens with one attached hydrogen (secondary N) is 1. The van der Waals surface area contributed by atoms with Gasteiger partial charge < -0.3 is 9.87 Å². The van der Waals surface area contributed by atoms with Gasteiger partial charge in [0, 0.05) is 12.8 Å². The predicted octanol–water partition coefficient (Wildman–Crippen LogP) is 11.6. The van der Waals surface area contributed by atoms with Crippen molar-refractivity contribution in [2.24, 2.45) is 4.99 Å². The first kappa shape index (κ1) is 50.0. The second-order valence-electron chi connectivity index (χ2n) is 15.5. The van der Waals surface area contributed by atoms with Gasteiger partial charge in [0.05, 0.1) is 27.2 Å². The summed E-state index contributed by atoms with van der Waals surface area (Å²) in [6.45, 7) is 8.42. The molecule has 1 unspecified atom stereocenters. The molecule has 0 aromatic rings. The van der Waals surface area contributed by atoms with E-state index in [9.17, 15) is 17.8 Å². The fraction of sp³-hybridized carbons (Fsp3) is 0.952.